The molecule has 0 spiro atoms. The minimum absolute atomic E-state index is 0.0316. The highest BCUT2D eigenvalue weighted by Gasteiger charge is 2.43. The molecule has 3 fully saturated rings. The molecule has 0 aliphatic carbocycles. The van der Waals surface area contributed by atoms with Gasteiger partial charge in [0.25, 0.3) is 0 Å². The second-order valence-electron chi connectivity index (χ2n) is 10.8. The van der Waals surface area contributed by atoms with Crippen LogP contribution < -0.4 is 15.4 Å². The minimum atomic E-state index is -0.0316. The van der Waals surface area contributed by atoms with Crippen molar-refractivity contribution in [3.8, 4) is 5.75 Å². The van der Waals surface area contributed by atoms with E-state index in [0.717, 1.165) is 63.3 Å². The Morgan fingerprint density at radius 2 is 2.17 bits per heavy atom. The van der Waals surface area contributed by atoms with Crippen LogP contribution in [0.2, 0.25) is 0 Å². The summed E-state index contributed by atoms with van der Waals surface area (Å²) >= 11 is 9.48. The van der Waals surface area contributed by atoms with E-state index in [0.29, 0.717) is 29.5 Å². The highest BCUT2D eigenvalue weighted by Crippen LogP contribution is 2.43. The van der Waals surface area contributed by atoms with Crippen LogP contribution in [-0.4, -0.2) is 68.9 Å². The summed E-state index contributed by atoms with van der Waals surface area (Å²) < 4.78 is 7.06. The molecule has 2 aromatic heterocycles. The first-order valence-corrected chi connectivity index (χ1v) is 16.6. The van der Waals surface area contributed by atoms with Crippen LogP contribution in [-0.2, 0) is 5.75 Å². The van der Waals surface area contributed by atoms with Crippen LogP contribution >= 0.6 is 35.7 Å². The Morgan fingerprint density at radius 1 is 1.27 bits per heavy atom. The van der Waals surface area contributed by atoms with Gasteiger partial charge in [-0.2, -0.15) is 0 Å². The number of hydrogen-bond acceptors (Lipinski definition) is 8. The van der Waals surface area contributed by atoms with Gasteiger partial charge in [0.2, 0.25) is 0 Å². The van der Waals surface area contributed by atoms with Gasteiger partial charge in [-0.25, -0.2) is 0 Å². The molecule has 6 heterocycles. The first kappa shape index (κ1) is 28.5. The molecule has 3 aromatic rings. The zero-order valence-electron chi connectivity index (χ0n) is 23.2. The molecule has 10 heteroatoms. The van der Waals surface area contributed by atoms with Crippen molar-refractivity contribution < 1.29 is 4.74 Å². The fourth-order valence-electron chi connectivity index (χ4n) is 6.24. The smallest absolute Gasteiger partial charge is 0.166 e. The van der Waals surface area contributed by atoms with Crippen LogP contribution in [0.15, 0.2) is 72.5 Å². The van der Waals surface area contributed by atoms with Crippen molar-refractivity contribution in [1.82, 2.24) is 25.5 Å². The van der Waals surface area contributed by atoms with E-state index in [-0.39, 0.29) is 12.1 Å². The second-order valence-corrected chi connectivity index (χ2v) is 13.5. The standard InChI is InChI=1S/C31H36N6OS3/c1-3-20-17-37-12-9-21(20)13-27(37)29(25-15-26-22(7-6-11-33-26)14-28(25)38-2)36-30(39)34-16-24-19-41-31(35-24)40-18-23-8-4-5-10-32-23/h3-8,10-11,14-15,20-21,24,27,29H,1,9,12-13,16-19H2,2H3,(H2,34,36,39)/t20?,21?,24-,27+,29+/m0/s1. The lowest BCUT2D eigenvalue weighted by atomic mass is 9.73. The Balaban J connectivity index is 1.16. The fraction of sp³-hybridized carbons (Fsp3) is 0.419. The molecule has 0 amide bonds. The molecule has 4 aliphatic heterocycles. The number of pyridine rings is 2. The van der Waals surface area contributed by atoms with Crippen molar-refractivity contribution in [1.29, 1.82) is 0 Å². The zero-order chi connectivity index (χ0) is 28.2. The minimum Gasteiger partial charge on any atom is -0.496 e. The molecule has 4 aliphatic rings. The van der Waals surface area contributed by atoms with Gasteiger partial charge in [-0.05, 0) is 73.8 Å². The number of methoxy groups -OCH3 is 1. The van der Waals surface area contributed by atoms with E-state index in [1.54, 1.807) is 18.9 Å². The number of fused-ring (bicyclic) bond motifs is 4. The van der Waals surface area contributed by atoms with E-state index in [4.69, 9.17) is 21.9 Å². The Kier molecular flexibility index (Phi) is 9.10. The van der Waals surface area contributed by atoms with Gasteiger partial charge in [0.15, 0.2) is 5.11 Å². The highest BCUT2D eigenvalue weighted by atomic mass is 32.2. The highest BCUT2D eigenvalue weighted by molar-refractivity contribution is 8.38. The molecule has 6 atom stereocenters. The number of piperidine rings is 3. The monoisotopic (exact) mass is 604 g/mol. The predicted molar refractivity (Wildman–Crippen MR) is 176 cm³/mol. The summed E-state index contributed by atoms with van der Waals surface area (Å²) in [4.78, 5) is 16.6. The van der Waals surface area contributed by atoms with Gasteiger partial charge in [0, 0.05) is 54.0 Å². The predicted octanol–water partition coefficient (Wildman–Crippen LogP) is 5.44. The molecular weight excluding hydrogens is 569 g/mol. The van der Waals surface area contributed by atoms with E-state index in [9.17, 15) is 0 Å². The number of thioether (sulfide) groups is 2. The Bertz CT molecular complexity index is 1420. The van der Waals surface area contributed by atoms with Gasteiger partial charge in [-0.15, -0.1) is 6.58 Å². The molecule has 0 saturated carbocycles. The molecule has 2 N–H and O–H groups in total. The number of aliphatic imine (C=N–C) groups is 1. The first-order valence-electron chi connectivity index (χ1n) is 14.2. The van der Waals surface area contributed by atoms with Crippen LogP contribution in [0, 0.1) is 11.8 Å². The Labute approximate surface area is 256 Å². The van der Waals surface area contributed by atoms with Crippen LogP contribution in [0.3, 0.4) is 0 Å². The van der Waals surface area contributed by atoms with Crippen molar-refractivity contribution in [2.45, 2.75) is 36.7 Å². The van der Waals surface area contributed by atoms with Gasteiger partial charge in [-0.3, -0.25) is 19.9 Å². The molecular formula is C31H36N6OS3. The third-order valence-corrected chi connectivity index (χ3v) is 11.0. The average Bonchev–Trinajstić information content (AvgIpc) is 3.49. The SMILES string of the molecule is C=CC1CN2CCC1C[C@@H]2[C@H](NC(=S)NC[C@H]1CSC(SCc2ccccn2)=N1)c1cc2ncccc2cc1OC. The van der Waals surface area contributed by atoms with Gasteiger partial charge in [-0.1, -0.05) is 41.7 Å². The van der Waals surface area contributed by atoms with Crippen LogP contribution in [0.25, 0.3) is 10.9 Å². The molecule has 41 heavy (non-hydrogen) atoms. The molecule has 3 saturated heterocycles. The van der Waals surface area contributed by atoms with Gasteiger partial charge in [0.1, 0.15) is 10.1 Å². The lowest BCUT2D eigenvalue weighted by Crippen LogP contribution is -2.58. The number of nitrogens with one attached hydrogen (secondary N) is 2. The van der Waals surface area contributed by atoms with Crippen molar-refractivity contribution in [3.05, 3.63) is 78.8 Å². The zero-order valence-corrected chi connectivity index (χ0v) is 25.7. The number of thiocarbonyl (C=S) groups is 1. The van der Waals surface area contributed by atoms with Crippen LogP contribution in [0.5, 0.6) is 5.75 Å². The van der Waals surface area contributed by atoms with E-state index in [2.05, 4.69) is 62.4 Å². The van der Waals surface area contributed by atoms with Crippen molar-refractivity contribution in [2.75, 3.05) is 32.5 Å². The molecule has 7 nitrogen and oxygen atoms in total. The maximum Gasteiger partial charge on any atom is 0.166 e. The summed E-state index contributed by atoms with van der Waals surface area (Å²) in [5, 5.41) is 8.92. The molecule has 0 radical (unpaired) electrons. The van der Waals surface area contributed by atoms with Crippen LogP contribution in [0.4, 0.5) is 0 Å². The Hall–Kier alpha value is -2.66. The second kappa shape index (κ2) is 13.1. The lowest BCUT2D eigenvalue weighted by Gasteiger charge is -2.52. The third-order valence-electron chi connectivity index (χ3n) is 8.37. The summed E-state index contributed by atoms with van der Waals surface area (Å²) in [6, 6.07) is 14.8. The average molecular weight is 605 g/mol. The number of benzene rings is 1. The van der Waals surface area contributed by atoms with E-state index in [1.165, 1.54) is 6.42 Å². The summed E-state index contributed by atoms with van der Waals surface area (Å²) in [5.74, 6) is 3.84. The molecule has 1 aromatic carbocycles. The lowest BCUT2D eigenvalue weighted by molar-refractivity contribution is 0.00379. The maximum atomic E-state index is 5.94. The number of nitrogens with zero attached hydrogens (tertiary/aromatic N) is 4. The topological polar surface area (TPSA) is 74.7 Å². The molecule has 214 valence electrons. The van der Waals surface area contributed by atoms with Crippen molar-refractivity contribution in [3.63, 3.8) is 0 Å². The maximum absolute atomic E-state index is 5.94. The Morgan fingerprint density at radius 3 is 2.95 bits per heavy atom. The van der Waals surface area contributed by atoms with Crippen molar-refractivity contribution >= 4 is 56.1 Å². The first-order chi connectivity index (χ1) is 20.1. The molecule has 7 rings (SSSR count). The van der Waals surface area contributed by atoms with Gasteiger partial charge in [0.05, 0.1) is 30.4 Å². The molecule has 2 bridgehead atoms. The van der Waals surface area contributed by atoms with Gasteiger partial charge >= 0.3 is 0 Å². The number of hydrogen-bond donors (Lipinski definition) is 2. The van der Waals surface area contributed by atoms with Gasteiger partial charge < -0.3 is 15.4 Å². The van der Waals surface area contributed by atoms with Crippen LogP contribution in [0.1, 0.15) is 30.1 Å². The number of ether oxygens (including phenoxy) is 1. The number of rotatable bonds is 9. The summed E-state index contributed by atoms with van der Waals surface area (Å²) in [6.07, 6.45) is 8.14. The largest absolute Gasteiger partial charge is 0.496 e. The van der Waals surface area contributed by atoms with E-state index >= 15 is 0 Å². The molecule has 3 unspecified atom stereocenters. The quantitative estimate of drug-likeness (QED) is 0.245. The van der Waals surface area contributed by atoms with E-state index < -0.39 is 0 Å². The van der Waals surface area contributed by atoms with Crippen molar-refractivity contribution in [2.24, 2.45) is 16.8 Å². The van der Waals surface area contributed by atoms with E-state index in [1.807, 2.05) is 42.4 Å². The normalized spacial score (nSPS) is 25.9. The number of aromatic nitrogens is 2. The summed E-state index contributed by atoms with van der Waals surface area (Å²) in [5.41, 5.74) is 3.13. The summed E-state index contributed by atoms with van der Waals surface area (Å²) in [6.45, 7) is 6.95. The summed E-state index contributed by atoms with van der Waals surface area (Å²) in [7, 11) is 1.74. The fourth-order valence-corrected chi connectivity index (χ4v) is 8.58. The third kappa shape index (κ3) is 6.56.